The molecule has 0 bridgehead atoms. The van der Waals surface area contributed by atoms with Gasteiger partial charge in [0.05, 0.1) is 21.3 Å². The van der Waals surface area contributed by atoms with E-state index in [0.29, 0.717) is 0 Å². The number of nitriles is 1. The molecule has 3 rings (SSSR count). The highest BCUT2D eigenvalue weighted by molar-refractivity contribution is 8.25. The van der Waals surface area contributed by atoms with Gasteiger partial charge in [0.1, 0.15) is 0 Å². The molecule has 3 heteroatoms. The quantitative estimate of drug-likeness (QED) is 0.525. The molecule has 0 saturated carbocycles. The minimum Gasteiger partial charge on any atom is -0.193 e. The van der Waals surface area contributed by atoms with E-state index >= 15 is 0 Å². The fourth-order valence-corrected chi connectivity index (χ4v) is 5.54. The van der Waals surface area contributed by atoms with Crippen molar-refractivity contribution < 1.29 is 0 Å². The van der Waals surface area contributed by atoms with Crippen molar-refractivity contribution in [2.24, 2.45) is 0 Å². The van der Waals surface area contributed by atoms with E-state index < -0.39 is 5.41 Å². The fraction of sp³-hybridized carbons (Fsp3) is 0.227. The molecule has 0 aromatic heterocycles. The number of allylic oxidation sites excluding steroid dienone is 1. The van der Waals surface area contributed by atoms with Crippen molar-refractivity contribution in [1.29, 1.82) is 5.26 Å². The Labute approximate surface area is 158 Å². The van der Waals surface area contributed by atoms with Crippen LogP contribution in [0.3, 0.4) is 0 Å². The van der Waals surface area contributed by atoms with Crippen LogP contribution < -0.4 is 0 Å². The standard InChI is InChI=1S/C22H19NS2/c1-2-22(19-11-7-4-8-12-19,14-13-18-9-5-3-6-10-18)20(17-23)21-24-15-16-25-21/h3-12H,2,15-16H2,1H3. The van der Waals surface area contributed by atoms with E-state index in [1.54, 1.807) is 23.5 Å². The van der Waals surface area contributed by atoms with E-state index in [1.165, 1.54) is 0 Å². The lowest BCUT2D eigenvalue weighted by atomic mass is 9.73. The average molecular weight is 362 g/mol. The van der Waals surface area contributed by atoms with Crippen LogP contribution in [0, 0.1) is 23.2 Å². The third-order valence-corrected chi connectivity index (χ3v) is 7.00. The maximum Gasteiger partial charge on any atom is 0.0984 e. The number of hydrogen-bond donors (Lipinski definition) is 0. The molecular weight excluding hydrogens is 342 g/mol. The second kappa shape index (κ2) is 8.34. The summed E-state index contributed by atoms with van der Waals surface area (Å²) in [6, 6.07) is 22.7. The summed E-state index contributed by atoms with van der Waals surface area (Å²) in [5, 5.41) is 10.0. The molecule has 0 N–H and O–H groups in total. The molecule has 0 spiro atoms. The van der Waals surface area contributed by atoms with Crippen LogP contribution in [0.2, 0.25) is 0 Å². The molecule has 2 aromatic carbocycles. The lowest BCUT2D eigenvalue weighted by molar-refractivity contribution is 0.643. The van der Waals surface area contributed by atoms with Gasteiger partial charge in [-0.15, -0.1) is 23.5 Å². The zero-order valence-corrected chi connectivity index (χ0v) is 15.8. The first kappa shape index (κ1) is 17.7. The Hall–Kier alpha value is -2.07. The largest absolute Gasteiger partial charge is 0.193 e. The fourth-order valence-electron chi connectivity index (χ4n) is 2.94. The molecule has 1 atom stereocenters. The molecule has 0 aliphatic carbocycles. The number of rotatable bonds is 3. The smallest absolute Gasteiger partial charge is 0.0984 e. The van der Waals surface area contributed by atoms with Gasteiger partial charge in [0.2, 0.25) is 0 Å². The molecule has 25 heavy (non-hydrogen) atoms. The number of thioether (sulfide) groups is 2. The van der Waals surface area contributed by atoms with E-state index in [0.717, 1.165) is 38.9 Å². The van der Waals surface area contributed by atoms with Gasteiger partial charge in [-0.1, -0.05) is 67.3 Å². The Balaban J connectivity index is 2.20. The third-order valence-electron chi connectivity index (χ3n) is 4.28. The molecule has 1 unspecified atom stereocenters. The van der Waals surface area contributed by atoms with Crippen LogP contribution in [0.4, 0.5) is 0 Å². The van der Waals surface area contributed by atoms with Gasteiger partial charge in [-0.05, 0) is 24.1 Å². The molecule has 1 nitrogen and oxygen atoms in total. The summed E-state index contributed by atoms with van der Waals surface area (Å²) < 4.78 is 1.13. The van der Waals surface area contributed by atoms with Gasteiger partial charge in [0.25, 0.3) is 0 Å². The molecule has 1 heterocycles. The van der Waals surface area contributed by atoms with Gasteiger partial charge in [-0.2, -0.15) is 5.26 Å². The van der Waals surface area contributed by atoms with Crippen LogP contribution in [-0.2, 0) is 5.41 Å². The van der Waals surface area contributed by atoms with Crippen molar-refractivity contribution in [3.05, 3.63) is 81.6 Å². The summed E-state index contributed by atoms with van der Waals surface area (Å²) in [7, 11) is 0. The summed E-state index contributed by atoms with van der Waals surface area (Å²) in [6.07, 6.45) is 0.768. The summed E-state index contributed by atoms with van der Waals surface area (Å²) in [5.41, 5.74) is 2.31. The Morgan fingerprint density at radius 3 is 2.16 bits per heavy atom. The lowest BCUT2D eigenvalue weighted by Gasteiger charge is -2.28. The highest BCUT2D eigenvalue weighted by Crippen LogP contribution is 2.46. The Bertz CT molecular complexity index is 846. The normalized spacial score (nSPS) is 15.6. The van der Waals surface area contributed by atoms with E-state index in [2.05, 4.69) is 37.0 Å². The topological polar surface area (TPSA) is 23.8 Å². The first-order chi connectivity index (χ1) is 12.3. The van der Waals surface area contributed by atoms with Gasteiger partial charge in [-0.3, -0.25) is 0 Å². The number of benzene rings is 2. The van der Waals surface area contributed by atoms with Gasteiger partial charge in [0, 0.05) is 17.1 Å². The van der Waals surface area contributed by atoms with E-state index in [4.69, 9.17) is 0 Å². The zero-order valence-electron chi connectivity index (χ0n) is 14.2. The second-order valence-corrected chi connectivity index (χ2v) is 8.18. The lowest BCUT2D eigenvalue weighted by Crippen LogP contribution is -2.26. The van der Waals surface area contributed by atoms with Crippen molar-refractivity contribution in [2.75, 3.05) is 11.5 Å². The maximum atomic E-state index is 10.0. The summed E-state index contributed by atoms with van der Waals surface area (Å²) in [6.45, 7) is 2.12. The van der Waals surface area contributed by atoms with Gasteiger partial charge >= 0.3 is 0 Å². The molecule has 1 aliphatic rings. The monoisotopic (exact) mass is 361 g/mol. The zero-order chi connectivity index (χ0) is 17.5. The summed E-state index contributed by atoms with van der Waals surface area (Å²) in [4.78, 5) is 0. The molecule has 1 fully saturated rings. The maximum absolute atomic E-state index is 10.0. The van der Waals surface area contributed by atoms with Crippen LogP contribution in [0.25, 0.3) is 0 Å². The van der Waals surface area contributed by atoms with E-state index in [-0.39, 0.29) is 0 Å². The van der Waals surface area contributed by atoms with Crippen molar-refractivity contribution in [2.45, 2.75) is 18.8 Å². The van der Waals surface area contributed by atoms with Crippen molar-refractivity contribution >= 4 is 23.5 Å². The van der Waals surface area contributed by atoms with Gasteiger partial charge in [0.15, 0.2) is 0 Å². The molecule has 1 aliphatic heterocycles. The van der Waals surface area contributed by atoms with E-state index in [9.17, 15) is 5.26 Å². The third kappa shape index (κ3) is 3.79. The molecule has 2 aromatic rings. The Kier molecular flexibility index (Phi) is 5.92. The first-order valence-electron chi connectivity index (χ1n) is 8.34. The van der Waals surface area contributed by atoms with Crippen LogP contribution in [0.1, 0.15) is 24.5 Å². The molecular formula is C22H19NS2. The Morgan fingerprint density at radius 1 is 1.00 bits per heavy atom. The number of hydrogen-bond acceptors (Lipinski definition) is 3. The average Bonchev–Trinajstić information content (AvgIpc) is 3.21. The highest BCUT2D eigenvalue weighted by atomic mass is 32.2. The minimum absolute atomic E-state index is 0.564. The SMILES string of the molecule is CCC(C#Cc1ccccc1)(C(C#N)=C1SCCS1)c1ccccc1. The summed E-state index contributed by atoms with van der Waals surface area (Å²) >= 11 is 3.57. The van der Waals surface area contributed by atoms with Gasteiger partial charge < -0.3 is 0 Å². The highest BCUT2D eigenvalue weighted by Gasteiger charge is 2.36. The van der Waals surface area contributed by atoms with Crippen LogP contribution in [-0.4, -0.2) is 11.5 Å². The first-order valence-corrected chi connectivity index (χ1v) is 10.3. The minimum atomic E-state index is -0.564. The molecule has 0 radical (unpaired) electrons. The predicted molar refractivity (Wildman–Crippen MR) is 109 cm³/mol. The van der Waals surface area contributed by atoms with Crippen molar-refractivity contribution in [3.8, 4) is 17.9 Å². The van der Waals surface area contributed by atoms with E-state index in [1.807, 2.05) is 48.5 Å². The van der Waals surface area contributed by atoms with Crippen molar-refractivity contribution in [1.82, 2.24) is 0 Å². The van der Waals surface area contributed by atoms with Crippen LogP contribution in [0.5, 0.6) is 0 Å². The summed E-state index contributed by atoms with van der Waals surface area (Å²) in [5.74, 6) is 8.93. The molecule has 1 saturated heterocycles. The van der Waals surface area contributed by atoms with Crippen molar-refractivity contribution in [3.63, 3.8) is 0 Å². The second-order valence-electron chi connectivity index (χ2n) is 5.71. The Morgan fingerprint density at radius 2 is 1.60 bits per heavy atom. The van der Waals surface area contributed by atoms with Crippen LogP contribution >= 0.6 is 23.5 Å². The number of nitrogens with zero attached hydrogens (tertiary/aromatic N) is 1. The van der Waals surface area contributed by atoms with Gasteiger partial charge in [-0.25, -0.2) is 0 Å². The predicted octanol–water partition coefficient (Wildman–Crippen LogP) is 5.60. The molecule has 124 valence electrons. The molecule has 0 amide bonds. The van der Waals surface area contributed by atoms with Crippen LogP contribution in [0.15, 0.2) is 70.5 Å².